The molecule has 0 unspecified atom stereocenters. The van der Waals surface area contributed by atoms with Crippen molar-refractivity contribution in [3.05, 3.63) is 50.1 Å². The molecule has 2 N–H and O–H groups in total. The minimum Gasteiger partial charge on any atom is -0.357 e. The predicted molar refractivity (Wildman–Crippen MR) is 97.5 cm³/mol. The average Bonchev–Trinajstić information content (AvgIpc) is 2.93. The maximum Gasteiger partial charge on any atom is 0.191 e. The molecule has 0 saturated heterocycles. The van der Waals surface area contributed by atoms with Gasteiger partial charge in [0.25, 0.3) is 0 Å². The summed E-state index contributed by atoms with van der Waals surface area (Å²) in [6.45, 7) is 5.77. The standard InChI is InChI=1S/C16H20BrFN4S/c1-3-19-16(20-7-6-14-10-23-11(2)22-14)21-9-12-8-13(17)4-5-15(12)18/h4-5,8,10H,3,6-7,9H2,1-2H3,(H2,19,20,21). The van der Waals surface area contributed by atoms with E-state index in [1.54, 1.807) is 23.5 Å². The molecule has 0 radical (unpaired) electrons. The fourth-order valence-electron chi connectivity index (χ4n) is 2.00. The molecule has 7 heteroatoms. The fourth-order valence-corrected chi connectivity index (χ4v) is 3.06. The number of halogens is 2. The van der Waals surface area contributed by atoms with Crippen LogP contribution in [0.25, 0.3) is 0 Å². The van der Waals surface area contributed by atoms with Crippen molar-refractivity contribution < 1.29 is 4.39 Å². The van der Waals surface area contributed by atoms with Crippen molar-refractivity contribution in [2.45, 2.75) is 26.8 Å². The Labute approximate surface area is 148 Å². The number of benzene rings is 1. The molecule has 2 aromatic rings. The molecule has 0 atom stereocenters. The first-order valence-electron chi connectivity index (χ1n) is 7.45. The number of aryl methyl sites for hydroxylation is 1. The second-order valence-electron chi connectivity index (χ2n) is 4.97. The first-order chi connectivity index (χ1) is 11.1. The fraction of sp³-hybridized carbons (Fsp3) is 0.375. The molecule has 2 rings (SSSR count). The third-order valence-corrected chi connectivity index (χ3v) is 4.42. The zero-order valence-corrected chi connectivity index (χ0v) is 15.6. The summed E-state index contributed by atoms with van der Waals surface area (Å²) >= 11 is 5.00. The van der Waals surface area contributed by atoms with Crippen molar-refractivity contribution in [1.82, 2.24) is 15.6 Å². The van der Waals surface area contributed by atoms with E-state index in [2.05, 4.69) is 41.9 Å². The van der Waals surface area contributed by atoms with Crippen LogP contribution in [0.2, 0.25) is 0 Å². The Morgan fingerprint density at radius 2 is 2.22 bits per heavy atom. The van der Waals surface area contributed by atoms with Crippen molar-refractivity contribution >= 4 is 33.2 Å². The lowest BCUT2D eigenvalue weighted by Gasteiger charge is -2.11. The van der Waals surface area contributed by atoms with Crippen molar-refractivity contribution in [2.24, 2.45) is 4.99 Å². The van der Waals surface area contributed by atoms with Crippen LogP contribution in [-0.4, -0.2) is 24.0 Å². The van der Waals surface area contributed by atoms with Gasteiger partial charge in [0.05, 0.1) is 17.2 Å². The number of nitrogens with zero attached hydrogens (tertiary/aromatic N) is 2. The predicted octanol–water partition coefficient (Wildman–Crippen LogP) is 3.65. The minimum atomic E-state index is -0.245. The van der Waals surface area contributed by atoms with Gasteiger partial charge in [-0.15, -0.1) is 11.3 Å². The second-order valence-corrected chi connectivity index (χ2v) is 6.94. The molecule has 1 heterocycles. The van der Waals surface area contributed by atoms with Gasteiger partial charge in [-0.2, -0.15) is 0 Å². The van der Waals surface area contributed by atoms with E-state index in [-0.39, 0.29) is 12.4 Å². The molecule has 0 bridgehead atoms. The Hall–Kier alpha value is -1.47. The van der Waals surface area contributed by atoms with E-state index in [1.165, 1.54) is 6.07 Å². The maximum absolute atomic E-state index is 13.7. The molecule has 1 aromatic carbocycles. The van der Waals surface area contributed by atoms with Crippen LogP contribution in [0.3, 0.4) is 0 Å². The van der Waals surface area contributed by atoms with Crippen LogP contribution >= 0.6 is 27.3 Å². The number of nitrogens with one attached hydrogen (secondary N) is 2. The first kappa shape index (κ1) is 17.9. The van der Waals surface area contributed by atoms with Crippen molar-refractivity contribution in [3.8, 4) is 0 Å². The van der Waals surface area contributed by atoms with Crippen molar-refractivity contribution in [1.29, 1.82) is 0 Å². The molecular formula is C16H20BrFN4S. The summed E-state index contributed by atoms with van der Waals surface area (Å²) in [6.07, 6.45) is 0.833. The lowest BCUT2D eigenvalue weighted by atomic mass is 10.2. The number of thiazole rings is 1. The van der Waals surface area contributed by atoms with E-state index >= 15 is 0 Å². The van der Waals surface area contributed by atoms with E-state index in [9.17, 15) is 4.39 Å². The van der Waals surface area contributed by atoms with E-state index < -0.39 is 0 Å². The third kappa shape index (κ3) is 5.91. The quantitative estimate of drug-likeness (QED) is 0.576. The van der Waals surface area contributed by atoms with E-state index in [1.807, 2.05) is 13.8 Å². The Morgan fingerprint density at radius 3 is 2.91 bits per heavy atom. The summed E-state index contributed by atoms with van der Waals surface area (Å²) in [5.74, 6) is 0.435. The summed E-state index contributed by atoms with van der Waals surface area (Å²) in [7, 11) is 0. The highest BCUT2D eigenvalue weighted by Crippen LogP contribution is 2.16. The average molecular weight is 399 g/mol. The molecule has 0 aliphatic rings. The van der Waals surface area contributed by atoms with Gasteiger partial charge in [-0.25, -0.2) is 14.4 Å². The Morgan fingerprint density at radius 1 is 1.39 bits per heavy atom. The summed E-state index contributed by atoms with van der Waals surface area (Å²) in [4.78, 5) is 8.87. The van der Waals surface area contributed by atoms with Crippen LogP contribution in [-0.2, 0) is 13.0 Å². The van der Waals surface area contributed by atoms with E-state index in [0.717, 1.165) is 34.7 Å². The highest BCUT2D eigenvalue weighted by atomic mass is 79.9. The number of aromatic nitrogens is 1. The van der Waals surface area contributed by atoms with Crippen LogP contribution in [0.4, 0.5) is 4.39 Å². The van der Waals surface area contributed by atoms with Gasteiger partial charge >= 0.3 is 0 Å². The SMILES string of the molecule is CCNC(=NCc1cc(Br)ccc1F)NCCc1csc(C)n1. The number of rotatable bonds is 6. The third-order valence-electron chi connectivity index (χ3n) is 3.10. The molecule has 1 aromatic heterocycles. The maximum atomic E-state index is 13.7. The van der Waals surface area contributed by atoms with Gasteiger partial charge in [0, 0.05) is 34.9 Å². The Balaban J connectivity index is 1.92. The van der Waals surface area contributed by atoms with Crippen LogP contribution in [0.5, 0.6) is 0 Å². The van der Waals surface area contributed by atoms with Crippen molar-refractivity contribution in [2.75, 3.05) is 13.1 Å². The van der Waals surface area contributed by atoms with Gasteiger partial charge < -0.3 is 10.6 Å². The molecule has 0 amide bonds. The largest absolute Gasteiger partial charge is 0.357 e. The normalized spacial score (nSPS) is 11.6. The molecule has 0 aliphatic heterocycles. The van der Waals surface area contributed by atoms with Gasteiger partial charge in [-0.05, 0) is 32.0 Å². The van der Waals surface area contributed by atoms with E-state index in [4.69, 9.17) is 0 Å². The molecule has 0 saturated carbocycles. The number of aliphatic imine (C=N–C) groups is 1. The highest BCUT2D eigenvalue weighted by Gasteiger charge is 2.04. The van der Waals surface area contributed by atoms with E-state index in [0.29, 0.717) is 11.5 Å². The second kappa shape index (κ2) is 8.98. The molecule has 0 fully saturated rings. The summed E-state index contributed by atoms with van der Waals surface area (Å²) in [5, 5.41) is 9.56. The molecule has 124 valence electrons. The van der Waals surface area contributed by atoms with Gasteiger partial charge in [-0.1, -0.05) is 15.9 Å². The zero-order chi connectivity index (χ0) is 16.7. The Bertz CT molecular complexity index is 672. The zero-order valence-electron chi connectivity index (χ0n) is 13.2. The summed E-state index contributed by atoms with van der Waals surface area (Å²) < 4.78 is 14.6. The smallest absolute Gasteiger partial charge is 0.191 e. The number of hydrogen-bond donors (Lipinski definition) is 2. The summed E-state index contributed by atoms with van der Waals surface area (Å²) in [5.41, 5.74) is 1.64. The van der Waals surface area contributed by atoms with Crippen LogP contribution < -0.4 is 10.6 Å². The Kier molecular flexibility index (Phi) is 6.98. The van der Waals surface area contributed by atoms with Crippen LogP contribution in [0.1, 0.15) is 23.2 Å². The number of guanidine groups is 1. The highest BCUT2D eigenvalue weighted by molar-refractivity contribution is 9.10. The summed E-state index contributed by atoms with van der Waals surface area (Å²) in [6, 6.07) is 4.88. The monoisotopic (exact) mass is 398 g/mol. The molecule has 23 heavy (non-hydrogen) atoms. The van der Waals surface area contributed by atoms with Gasteiger partial charge in [0.2, 0.25) is 0 Å². The van der Waals surface area contributed by atoms with Gasteiger partial charge in [0.15, 0.2) is 5.96 Å². The van der Waals surface area contributed by atoms with Crippen molar-refractivity contribution in [3.63, 3.8) is 0 Å². The minimum absolute atomic E-state index is 0.245. The molecule has 0 spiro atoms. The number of hydrogen-bond acceptors (Lipinski definition) is 3. The first-order valence-corrected chi connectivity index (χ1v) is 9.13. The lowest BCUT2D eigenvalue weighted by Crippen LogP contribution is -2.38. The van der Waals surface area contributed by atoms with Crippen LogP contribution in [0, 0.1) is 12.7 Å². The lowest BCUT2D eigenvalue weighted by molar-refractivity contribution is 0.610. The van der Waals surface area contributed by atoms with Gasteiger partial charge in [0.1, 0.15) is 5.82 Å². The van der Waals surface area contributed by atoms with Gasteiger partial charge in [-0.3, -0.25) is 0 Å². The molecular weight excluding hydrogens is 379 g/mol. The van der Waals surface area contributed by atoms with Crippen LogP contribution in [0.15, 0.2) is 33.0 Å². The topological polar surface area (TPSA) is 49.3 Å². The molecule has 4 nitrogen and oxygen atoms in total. The molecule has 0 aliphatic carbocycles.